The number of phosphoric ester groups is 1. The van der Waals surface area contributed by atoms with Gasteiger partial charge >= 0.3 is 13.8 Å². The first-order valence-electron chi connectivity index (χ1n) is 10.7. The second kappa shape index (κ2) is 11.1. The van der Waals surface area contributed by atoms with Gasteiger partial charge in [-0.1, -0.05) is 28.0 Å². The topological polar surface area (TPSA) is 192 Å². The van der Waals surface area contributed by atoms with Crippen molar-refractivity contribution < 1.29 is 38.3 Å². The van der Waals surface area contributed by atoms with E-state index in [-0.39, 0.29) is 17.9 Å². The zero-order valence-electron chi connectivity index (χ0n) is 18.0. The lowest BCUT2D eigenvalue weighted by atomic mass is 10.1. The minimum atomic E-state index is -4.73. The highest BCUT2D eigenvalue weighted by atomic mass is 33.1. The molecular weight excluding hydrogens is 509 g/mol. The zero-order chi connectivity index (χ0) is 24.3. The third-order valence-electron chi connectivity index (χ3n) is 5.50. The number of nitrogens with two attached hydrogens (primary N) is 1. The standard InChI is InChI=1S/C18H26N5O8PS2/c19-16-13-17(21-8-20-16)23(9-22-13)18-15(26)14(25)11(30-18)7-29-32(27,28)31-12(24)4-2-1-3-10-5-6-33-34-10/h8-11,14-15,18,25-26H,1-7H2,(H,27,28)(H2,19,20,21)/t10-,11-,14-,15-,18-/m1/s1. The number of carbonyl (C=O) groups excluding carboxylic acids is 1. The maximum Gasteiger partial charge on any atom is 0.529 e. The van der Waals surface area contributed by atoms with E-state index < -0.39 is 44.9 Å². The molecule has 0 aliphatic carbocycles. The molecule has 0 amide bonds. The largest absolute Gasteiger partial charge is 0.529 e. The van der Waals surface area contributed by atoms with Crippen LogP contribution in [0.5, 0.6) is 0 Å². The van der Waals surface area contributed by atoms with Gasteiger partial charge in [-0.2, -0.15) is 0 Å². The molecule has 0 radical (unpaired) electrons. The first-order chi connectivity index (χ1) is 16.2. The number of rotatable bonds is 10. The Balaban J connectivity index is 1.26. The van der Waals surface area contributed by atoms with Gasteiger partial charge < -0.3 is 25.2 Å². The molecule has 0 spiro atoms. The molecule has 13 nitrogen and oxygen atoms in total. The molecule has 6 atom stereocenters. The molecule has 2 aromatic rings. The first-order valence-corrected chi connectivity index (χ1v) is 14.6. The summed E-state index contributed by atoms with van der Waals surface area (Å²) in [6.45, 7) is -0.601. The minimum absolute atomic E-state index is 0.000469. The number of nitrogen functional groups attached to an aromatic ring is 1. The summed E-state index contributed by atoms with van der Waals surface area (Å²) in [5.74, 6) is 0.435. The van der Waals surface area contributed by atoms with Crippen LogP contribution >= 0.6 is 29.4 Å². The van der Waals surface area contributed by atoms with Gasteiger partial charge in [0.2, 0.25) is 0 Å². The molecule has 5 N–H and O–H groups in total. The lowest BCUT2D eigenvalue weighted by Crippen LogP contribution is -2.33. The second-order valence-electron chi connectivity index (χ2n) is 7.93. The number of unbranched alkanes of at least 4 members (excludes halogenated alkanes) is 1. The number of aromatic nitrogens is 4. The Morgan fingerprint density at radius 3 is 2.88 bits per heavy atom. The summed E-state index contributed by atoms with van der Waals surface area (Å²) in [6, 6.07) is 0. The Bertz CT molecular complexity index is 1050. The molecule has 188 valence electrons. The van der Waals surface area contributed by atoms with Gasteiger partial charge in [-0.3, -0.25) is 18.8 Å². The summed E-state index contributed by atoms with van der Waals surface area (Å²) in [7, 11) is -1.02. The van der Waals surface area contributed by atoms with Crippen molar-refractivity contribution in [3.05, 3.63) is 12.7 Å². The van der Waals surface area contributed by atoms with E-state index in [4.69, 9.17) is 15.0 Å². The van der Waals surface area contributed by atoms with Crippen LogP contribution in [-0.2, 0) is 23.1 Å². The lowest BCUT2D eigenvalue weighted by Gasteiger charge is -2.17. The number of fused-ring (bicyclic) bond motifs is 1. The van der Waals surface area contributed by atoms with Gasteiger partial charge in [0.15, 0.2) is 17.7 Å². The highest BCUT2D eigenvalue weighted by molar-refractivity contribution is 8.77. The Morgan fingerprint density at radius 2 is 2.12 bits per heavy atom. The molecule has 0 saturated carbocycles. The van der Waals surface area contributed by atoms with E-state index >= 15 is 0 Å². The summed E-state index contributed by atoms with van der Waals surface area (Å²) in [5.41, 5.74) is 6.32. The second-order valence-corrected chi connectivity index (χ2v) is 12.1. The SMILES string of the molecule is Nc1ncnc2c1ncn2[C@@H]1O[C@H](COP(=O)(O)OC(=O)CCCC[C@@H]2CCSS2)[C@@H](O)[C@H]1O. The summed E-state index contributed by atoms with van der Waals surface area (Å²) < 4.78 is 28.6. The molecule has 2 fully saturated rings. The van der Waals surface area contributed by atoms with Crippen LogP contribution in [0, 0.1) is 0 Å². The Kier molecular flexibility index (Phi) is 8.36. The van der Waals surface area contributed by atoms with Crippen molar-refractivity contribution in [1.82, 2.24) is 19.5 Å². The zero-order valence-corrected chi connectivity index (χ0v) is 20.5. The average molecular weight is 536 g/mol. The van der Waals surface area contributed by atoms with Crippen molar-refractivity contribution in [3.8, 4) is 0 Å². The molecule has 2 aliphatic heterocycles. The fourth-order valence-electron chi connectivity index (χ4n) is 3.73. The fraction of sp³-hybridized carbons (Fsp3) is 0.667. The number of aliphatic hydroxyl groups excluding tert-OH is 2. The third kappa shape index (κ3) is 6.02. The smallest absolute Gasteiger partial charge is 0.387 e. The lowest BCUT2D eigenvalue weighted by molar-refractivity contribution is -0.136. The van der Waals surface area contributed by atoms with Crippen molar-refractivity contribution in [2.24, 2.45) is 0 Å². The molecule has 0 aromatic carbocycles. The Hall–Kier alpha value is -1.45. The van der Waals surface area contributed by atoms with Crippen LogP contribution in [0.1, 0.15) is 38.3 Å². The van der Waals surface area contributed by atoms with Gasteiger partial charge in [-0.25, -0.2) is 19.5 Å². The van der Waals surface area contributed by atoms with Gasteiger partial charge in [-0.05, 0) is 19.3 Å². The number of nitrogens with zero attached hydrogens (tertiary/aromatic N) is 4. The summed E-state index contributed by atoms with van der Waals surface area (Å²) in [6.07, 6.45) is 0.893. The molecular formula is C18H26N5O8PS2. The van der Waals surface area contributed by atoms with Gasteiger partial charge in [0.05, 0.1) is 12.9 Å². The molecule has 34 heavy (non-hydrogen) atoms. The first kappa shape index (κ1) is 25.6. The molecule has 2 saturated heterocycles. The number of imidazole rings is 1. The highest BCUT2D eigenvalue weighted by Gasteiger charge is 2.45. The maximum atomic E-state index is 12.2. The van der Waals surface area contributed by atoms with Crippen LogP contribution < -0.4 is 5.73 Å². The van der Waals surface area contributed by atoms with Crippen LogP contribution in [0.15, 0.2) is 12.7 Å². The summed E-state index contributed by atoms with van der Waals surface area (Å²) in [5, 5.41) is 21.4. The fourth-order valence-corrected chi connectivity index (χ4v) is 7.49. The van der Waals surface area contributed by atoms with Crippen molar-refractivity contribution >= 4 is 52.4 Å². The Morgan fingerprint density at radius 1 is 1.29 bits per heavy atom. The molecule has 4 rings (SSSR count). The number of hydrogen-bond donors (Lipinski definition) is 4. The van der Waals surface area contributed by atoms with E-state index in [1.165, 1.54) is 17.2 Å². The van der Waals surface area contributed by atoms with E-state index in [0.717, 1.165) is 25.0 Å². The van der Waals surface area contributed by atoms with Gasteiger partial charge in [0.1, 0.15) is 30.2 Å². The molecule has 2 aromatic heterocycles. The monoisotopic (exact) mass is 535 g/mol. The van der Waals surface area contributed by atoms with E-state index in [1.54, 1.807) is 0 Å². The highest BCUT2D eigenvalue weighted by Crippen LogP contribution is 2.45. The number of phosphoric acid groups is 1. The third-order valence-corrected chi connectivity index (χ3v) is 9.42. The van der Waals surface area contributed by atoms with Crippen molar-refractivity contribution in [1.29, 1.82) is 0 Å². The predicted molar refractivity (Wildman–Crippen MR) is 124 cm³/mol. The van der Waals surface area contributed by atoms with Crippen molar-refractivity contribution in [2.75, 3.05) is 18.1 Å². The van der Waals surface area contributed by atoms with Crippen LogP contribution in [-0.4, -0.2) is 76.5 Å². The average Bonchev–Trinajstić information content (AvgIpc) is 3.51. The van der Waals surface area contributed by atoms with E-state index in [1.807, 2.05) is 21.6 Å². The number of hydrogen-bond acceptors (Lipinski definition) is 13. The number of anilines is 1. The molecule has 16 heteroatoms. The Labute approximate surface area is 202 Å². The van der Waals surface area contributed by atoms with Gasteiger partial charge in [0.25, 0.3) is 0 Å². The van der Waals surface area contributed by atoms with E-state index in [0.29, 0.717) is 17.2 Å². The van der Waals surface area contributed by atoms with Crippen molar-refractivity contribution in [2.45, 2.75) is 61.9 Å². The number of aliphatic hydroxyl groups is 2. The number of carbonyl (C=O) groups is 1. The van der Waals surface area contributed by atoms with Crippen LogP contribution in [0.25, 0.3) is 11.2 Å². The normalized spacial score (nSPS) is 28.9. The van der Waals surface area contributed by atoms with Crippen LogP contribution in [0.4, 0.5) is 5.82 Å². The molecule has 2 aliphatic rings. The summed E-state index contributed by atoms with van der Waals surface area (Å²) in [4.78, 5) is 33.8. The number of ether oxygens (including phenoxy) is 1. The summed E-state index contributed by atoms with van der Waals surface area (Å²) >= 11 is 0. The predicted octanol–water partition coefficient (Wildman–Crippen LogP) is 1.40. The van der Waals surface area contributed by atoms with E-state index in [9.17, 15) is 24.5 Å². The van der Waals surface area contributed by atoms with Crippen LogP contribution in [0.2, 0.25) is 0 Å². The van der Waals surface area contributed by atoms with Crippen LogP contribution in [0.3, 0.4) is 0 Å². The van der Waals surface area contributed by atoms with E-state index in [2.05, 4.69) is 19.5 Å². The molecule has 4 heterocycles. The quantitative estimate of drug-likeness (QED) is 0.194. The van der Waals surface area contributed by atoms with Crippen molar-refractivity contribution in [3.63, 3.8) is 0 Å². The van der Waals surface area contributed by atoms with Gasteiger partial charge in [0, 0.05) is 17.4 Å². The van der Waals surface area contributed by atoms with Gasteiger partial charge in [-0.15, -0.1) is 0 Å². The molecule has 1 unspecified atom stereocenters. The maximum absolute atomic E-state index is 12.2. The molecule has 0 bridgehead atoms. The minimum Gasteiger partial charge on any atom is -0.387 e.